The largest absolute Gasteiger partial charge is 0.495 e. The SMILES string of the molecule is COc1c(-c2ccccc2)cc2c3c1-c1cc(C45CC6CC(CC(C6)C4)C5)cc4c5cc(C67CC8CC(CC(C8)C6)C7)ccc5n(c14)B3c1sc3ccc4ccccc4c3c1N2c1ccc(C(C)(C)C)cc1-c1ccccc1. The monoisotopic (exact) mass is 1030 g/mol. The summed E-state index contributed by atoms with van der Waals surface area (Å²) in [5.41, 5.74) is 20.4. The molecule has 8 aliphatic carbocycles. The first-order chi connectivity index (χ1) is 38.1. The molecule has 0 radical (unpaired) electrons. The zero-order valence-corrected chi connectivity index (χ0v) is 46.5. The van der Waals surface area contributed by atoms with E-state index in [-0.39, 0.29) is 17.7 Å². The van der Waals surface area contributed by atoms with Crippen molar-refractivity contribution in [1.29, 1.82) is 0 Å². The minimum Gasteiger partial charge on any atom is -0.495 e. The summed E-state index contributed by atoms with van der Waals surface area (Å²) in [7, 11) is 1.96. The summed E-state index contributed by atoms with van der Waals surface area (Å²) in [5.74, 6) is 6.22. The van der Waals surface area contributed by atoms with Crippen LogP contribution in [-0.4, -0.2) is 18.4 Å². The van der Waals surface area contributed by atoms with Crippen molar-refractivity contribution in [2.45, 2.75) is 114 Å². The first-order valence-corrected chi connectivity index (χ1v) is 30.8. The third-order valence-electron chi connectivity index (χ3n) is 22.1. The average molecular weight is 1030 g/mol. The lowest BCUT2D eigenvalue weighted by atomic mass is 9.47. The number of benzene rings is 8. The number of thiophene rings is 1. The molecule has 8 saturated carbocycles. The van der Waals surface area contributed by atoms with Gasteiger partial charge in [-0.05, 0) is 221 Å². The fraction of sp³-hybridized carbons (Fsp3) is 0.342. The van der Waals surface area contributed by atoms with Crippen molar-refractivity contribution in [3.05, 3.63) is 168 Å². The average Bonchev–Trinajstić information content (AvgIpc) is 3.69. The summed E-state index contributed by atoms with van der Waals surface area (Å²) >= 11 is 2.03. The molecule has 10 aliphatic rings. The first kappa shape index (κ1) is 45.3. The van der Waals surface area contributed by atoms with Gasteiger partial charge in [-0.15, -0.1) is 11.3 Å². The van der Waals surface area contributed by atoms with Crippen LogP contribution in [0.3, 0.4) is 0 Å². The Balaban J connectivity index is 1.01. The Hall–Kier alpha value is -6.56. The summed E-state index contributed by atoms with van der Waals surface area (Å²) in [6.45, 7) is 6.98. The predicted molar refractivity (Wildman–Crippen MR) is 329 cm³/mol. The van der Waals surface area contributed by atoms with Gasteiger partial charge >= 0.3 is 6.85 Å². The van der Waals surface area contributed by atoms with Crippen LogP contribution in [0, 0.1) is 35.5 Å². The predicted octanol–water partition coefficient (Wildman–Crippen LogP) is 18.2. The molecule has 2 aromatic heterocycles. The number of methoxy groups -OCH3 is 1. The summed E-state index contributed by atoms with van der Waals surface area (Å²) in [5, 5.41) is 6.88. The smallest absolute Gasteiger partial charge is 0.343 e. The van der Waals surface area contributed by atoms with Crippen LogP contribution in [0.2, 0.25) is 0 Å². The zero-order chi connectivity index (χ0) is 51.6. The third-order valence-corrected chi connectivity index (χ3v) is 23.3. The number of anilines is 3. The maximum Gasteiger partial charge on any atom is 0.343 e. The number of fused-ring (bicyclic) bond motifs is 11. The fourth-order valence-corrected chi connectivity index (χ4v) is 21.0. The molecule has 384 valence electrons. The van der Waals surface area contributed by atoms with Crippen LogP contribution in [0.25, 0.3) is 76.0 Å². The molecular formula is C73H67BN2OS. The van der Waals surface area contributed by atoms with Crippen LogP contribution < -0.4 is 19.9 Å². The third kappa shape index (κ3) is 6.18. The Morgan fingerprint density at radius 3 is 1.78 bits per heavy atom. The topological polar surface area (TPSA) is 17.4 Å². The van der Waals surface area contributed by atoms with E-state index in [0.29, 0.717) is 5.41 Å². The molecule has 0 spiro atoms. The molecule has 78 heavy (non-hydrogen) atoms. The number of rotatable bonds is 6. The maximum atomic E-state index is 7.10. The molecule has 0 N–H and O–H groups in total. The van der Waals surface area contributed by atoms with Gasteiger partial charge in [0.25, 0.3) is 0 Å². The second kappa shape index (κ2) is 15.8. The minimum absolute atomic E-state index is 0.0419. The Bertz CT molecular complexity index is 4140. The fourth-order valence-electron chi connectivity index (χ4n) is 19.7. The van der Waals surface area contributed by atoms with Crippen LogP contribution in [0.15, 0.2) is 152 Å². The van der Waals surface area contributed by atoms with Gasteiger partial charge < -0.3 is 14.1 Å². The summed E-state index contributed by atoms with van der Waals surface area (Å²) in [6, 6.07) is 59.9. The van der Waals surface area contributed by atoms with Gasteiger partial charge in [-0.2, -0.15) is 0 Å². The van der Waals surface area contributed by atoms with E-state index in [2.05, 4.69) is 182 Å². The molecule has 8 bridgehead atoms. The lowest BCUT2D eigenvalue weighted by molar-refractivity contribution is -0.00527. The number of hydrogen-bond acceptors (Lipinski definition) is 3. The van der Waals surface area contributed by atoms with Crippen molar-refractivity contribution in [2.75, 3.05) is 12.0 Å². The Morgan fingerprint density at radius 1 is 0.538 bits per heavy atom. The normalized spacial score (nSPS) is 26.9. The van der Waals surface area contributed by atoms with Crippen LogP contribution in [0.5, 0.6) is 5.75 Å². The van der Waals surface area contributed by atoms with Gasteiger partial charge in [0, 0.05) is 64.6 Å². The van der Waals surface area contributed by atoms with E-state index >= 15 is 0 Å². The van der Waals surface area contributed by atoms with E-state index in [1.54, 1.807) is 11.1 Å². The maximum absolute atomic E-state index is 7.10. The standard InChI is InChI=1S/C73H67BN2OS/c1-71(2,3)51-20-22-60(55(31-51)48-13-7-5-8-14-48)75-62-35-56(49-15-9-6-10-16-49)69(77-4)65-59-34-53(73-39-45-28-46(40-73)30-47(29-45)41-73)33-58-57-32-52(72-36-42-25-43(37-72)27-44(26-42)38-72)21-23-61(57)76(67(58)59)74(66(62)65)70-68(75)64-54-18-12-11-17-50(54)19-24-63(64)78-70/h5-24,31-35,42-47H,25-30,36-41H2,1-4H3. The Kier molecular flexibility index (Phi) is 9.20. The van der Waals surface area contributed by atoms with E-state index in [0.717, 1.165) is 46.8 Å². The second-order valence-electron chi connectivity index (χ2n) is 27.6. The van der Waals surface area contributed by atoms with Crippen LogP contribution >= 0.6 is 11.3 Å². The van der Waals surface area contributed by atoms with E-state index in [1.807, 2.05) is 18.4 Å². The molecule has 0 amide bonds. The highest BCUT2D eigenvalue weighted by Crippen LogP contribution is 2.64. The molecule has 4 heterocycles. The molecule has 0 atom stereocenters. The van der Waals surface area contributed by atoms with Crippen molar-refractivity contribution in [3.63, 3.8) is 0 Å². The highest BCUT2D eigenvalue weighted by Gasteiger charge is 2.55. The van der Waals surface area contributed by atoms with Gasteiger partial charge in [0.15, 0.2) is 0 Å². The number of nitrogens with zero attached hydrogens (tertiary/aromatic N) is 2. The molecule has 3 nitrogen and oxygen atoms in total. The van der Waals surface area contributed by atoms with Crippen molar-refractivity contribution >= 4 is 88.2 Å². The summed E-state index contributed by atoms with van der Waals surface area (Å²) in [4.78, 5) is 2.75. The van der Waals surface area contributed by atoms with Gasteiger partial charge in [0.1, 0.15) is 5.75 Å². The molecule has 8 aromatic carbocycles. The lowest BCUT2D eigenvalue weighted by Gasteiger charge is -2.57. The number of hydrogen-bond donors (Lipinski definition) is 0. The molecule has 8 fully saturated rings. The van der Waals surface area contributed by atoms with Crippen molar-refractivity contribution in [2.24, 2.45) is 35.5 Å². The van der Waals surface area contributed by atoms with Crippen LogP contribution in [0.4, 0.5) is 17.1 Å². The van der Waals surface area contributed by atoms with Gasteiger partial charge in [-0.25, -0.2) is 0 Å². The number of aromatic nitrogens is 1. The van der Waals surface area contributed by atoms with E-state index in [4.69, 9.17) is 4.74 Å². The van der Waals surface area contributed by atoms with Crippen molar-refractivity contribution in [3.8, 4) is 39.1 Å². The Morgan fingerprint density at radius 2 is 1.14 bits per heavy atom. The molecule has 0 saturated heterocycles. The Labute approximate surface area is 463 Å². The van der Waals surface area contributed by atoms with Crippen molar-refractivity contribution in [1.82, 2.24) is 4.48 Å². The highest BCUT2D eigenvalue weighted by molar-refractivity contribution is 7.32. The van der Waals surface area contributed by atoms with Gasteiger partial charge in [-0.3, -0.25) is 0 Å². The molecular weight excluding hydrogens is 964 g/mol. The van der Waals surface area contributed by atoms with Gasteiger partial charge in [0.2, 0.25) is 0 Å². The summed E-state index contributed by atoms with van der Waals surface area (Å²) < 4.78 is 12.7. The molecule has 10 aromatic rings. The number of ether oxygens (including phenoxy) is 1. The van der Waals surface area contributed by atoms with E-state index in [1.165, 1.54) is 180 Å². The van der Waals surface area contributed by atoms with Crippen LogP contribution in [-0.2, 0) is 16.2 Å². The molecule has 0 unspecified atom stereocenters. The quantitative estimate of drug-likeness (QED) is 0.154. The first-order valence-electron chi connectivity index (χ1n) is 30.0. The lowest BCUT2D eigenvalue weighted by Crippen LogP contribution is -2.55. The second-order valence-corrected chi connectivity index (χ2v) is 28.7. The minimum atomic E-state index is -0.0894. The zero-order valence-electron chi connectivity index (χ0n) is 45.7. The van der Waals surface area contributed by atoms with Crippen molar-refractivity contribution < 1.29 is 4.74 Å². The molecule has 20 rings (SSSR count). The van der Waals surface area contributed by atoms with Gasteiger partial charge in [0.05, 0.1) is 18.5 Å². The van der Waals surface area contributed by atoms with E-state index in [9.17, 15) is 0 Å². The summed E-state index contributed by atoms with van der Waals surface area (Å²) in [6.07, 6.45) is 16.8. The highest BCUT2D eigenvalue weighted by atomic mass is 32.1. The molecule has 5 heteroatoms. The van der Waals surface area contributed by atoms with Gasteiger partial charge in [-0.1, -0.05) is 124 Å². The van der Waals surface area contributed by atoms with Crippen LogP contribution in [0.1, 0.15) is 115 Å². The van der Waals surface area contributed by atoms with E-state index < -0.39 is 0 Å². The molecule has 2 aliphatic heterocycles.